The highest BCUT2D eigenvalue weighted by Gasteiger charge is 2.23. The molecule has 2 rings (SSSR count). The molecule has 0 saturated heterocycles. The molecule has 1 aromatic rings. The van der Waals surface area contributed by atoms with Gasteiger partial charge in [0.15, 0.2) is 5.78 Å². The van der Waals surface area contributed by atoms with Gasteiger partial charge >= 0.3 is 0 Å². The predicted molar refractivity (Wildman–Crippen MR) is 50.7 cm³/mol. The summed E-state index contributed by atoms with van der Waals surface area (Å²) < 4.78 is 2.02. The van der Waals surface area contributed by atoms with Crippen molar-refractivity contribution in [3.8, 4) is 0 Å². The quantitative estimate of drug-likeness (QED) is 0.654. The molecule has 0 atom stereocenters. The van der Waals surface area contributed by atoms with Gasteiger partial charge in [-0.3, -0.25) is 4.79 Å². The van der Waals surface area contributed by atoms with Gasteiger partial charge in [0.05, 0.1) is 5.69 Å². The number of hydrogen-bond acceptors (Lipinski definition) is 2. The molecular formula is C10H14N2O. The van der Waals surface area contributed by atoms with E-state index in [1.807, 2.05) is 18.5 Å². The molecule has 2 heterocycles. The Labute approximate surface area is 77.7 Å². The van der Waals surface area contributed by atoms with Crippen LogP contribution in [0.3, 0.4) is 0 Å². The number of fused-ring (bicyclic) bond motifs is 1. The van der Waals surface area contributed by atoms with Gasteiger partial charge in [0.25, 0.3) is 0 Å². The topological polar surface area (TPSA) is 34.0 Å². The van der Waals surface area contributed by atoms with Crippen LogP contribution >= 0.6 is 0 Å². The van der Waals surface area contributed by atoms with Crippen molar-refractivity contribution in [3.63, 3.8) is 0 Å². The lowest BCUT2D eigenvalue weighted by Gasteiger charge is -2.03. The van der Waals surface area contributed by atoms with Crippen molar-refractivity contribution < 1.29 is 4.79 Å². The second kappa shape index (κ2) is 2.70. The summed E-state index contributed by atoms with van der Waals surface area (Å²) in [5, 5.41) is 3.28. The molecule has 0 bridgehead atoms. The summed E-state index contributed by atoms with van der Waals surface area (Å²) in [6.07, 6.45) is 0. The van der Waals surface area contributed by atoms with E-state index in [0.29, 0.717) is 0 Å². The molecule has 1 aromatic heterocycles. The van der Waals surface area contributed by atoms with Crippen LogP contribution in [0.2, 0.25) is 0 Å². The maximum atomic E-state index is 11.4. The summed E-state index contributed by atoms with van der Waals surface area (Å²) in [4.78, 5) is 11.4. The normalized spacial score (nSPS) is 14.7. The minimum Gasteiger partial charge on any atom is -0.344 e. The lowest BCUT2D eigenvalue weighted by Crippen LogP contribution is -2.10. The van der Waals surface area contributed by atoms with E-state index < -0.39 is 0 Å². The molecule has 0 saturated carbocycles. The van der Waals surface area contributed by atoms with Gasteiger partial charge in [-0.15, -0.1) is 0 Å². The molecule has 3 heteroatoms. The van der Waals surface area contributed by atoms with Crippen molar-refractivity contribution in [3.05, 3.63) is 22.5 Å². The fraction of sp³-hybridized carbons (Fsp3) is 0.500. The maximum Gasteiger partial charge on any atom is 0.176 e. The number of carbonyl (C=O) groups is 1. The van der Waals surface area contributed by atoms with E-state index in [0.717, 1.165) is 24.3 Å². The van der Waals surface area contributed by atoms with Crippen molar-refractivity contribution in [2.45, 2.75) is 26.9 Å². The average Bonchev–Trinajstić information content (AvgIpc) is 2.56. The lowest BCUT2D eigenvalue weighted by molar-refractivity contribution is 0.100. The van der Waals surface area contributed by atoms with Crippen LogP contribution in [0, 0.1) is 6.92 Å². The lowest BCUT2D eigenvalue weighted by atomic mass is 10.1. The Morgan fingerprint density at radius 1 is 1.46 bits per heavy atom. The van der Waals surface area contributed by atoms with E-state index in [4.69, 9.17) is 0 Å². The average molecular weight is 178 g/mol. The minimum absolute atomic E-state index is 0.161. The van der Waals surface area contributed by atoms with Crippen LogP contribution in [0.5, 0.6) is 0 Å². The summed E-state index contributed by atoms with van der Waals surface area (Å²) >= 11 is 0. The standard InChI is InChI=1S/C10H14N2O/c1-6-8-4-11-5-9(8)12(3)10(6)7(2)13/h11H,4-5H2,1-3H3. The van der Waals surface area contributed by atoms with Gasteiger partial charge in [-0.1, -0.05) is 0 Å². The molecule has 0 aromatic carbocycles. The molecular weight excluding hydrogens is 164 g/mol. The zero-order chi connectivity index (χ0) is 9.59. The third-order valence-electron chi connectivity index (χ3n) is 2.82. The molecule has 0 aliphatic carbocycles. The van der Waals surface area contributed by atoms with Crippen LogP contribution in [0.25, 0.3) is 0 Å². The molecule has 70 valence electrons. The van der Waals surface area contributed by atoms with Crippen molar-refractivity contribution in [2.24, 2.45) is 7.05 Å². The van der Waals surface area contributed by atoms with E-state index in [1.165, 1.54) is 11.3 Å². The Hall–Kier alpha value is -1.09. The molecule has 0 amide bonds. The van der Waals surface area contributed by atoms with Gasteiger partial charge in [0.1, 0.15) is 0 Å². The zero-order valence-corrected chi connectivity index (χ0v) is 8.27. The van der Waals surface area contributed by atoms with Gasteiger partial charge < -0.3 is 9.88 Å². The molecule has 3 nitrogen and oxygen atoms in total. The first kappa shape index (κ1) is 8.51. The summed E-state index contributed by atoms with van der Waals surface area (Å²) in [6.45, 7) is 5.45. The van der Waals surface area contributed by atoms with E-state index in [1.54, 1.807) is 6.92 Å². The Morgan fingerprint density at radius 3 is 2.69 bits per heavy atom. The largest absolute Gasteiger partial charge is 0.344 e. The Bertz CT molecular complexity index is 349. The molecule has 0 fully saturated rings. The second-order valence-electron chi connectivity index (χ2n) is 3.62. The number of aromatic nitrogens is 1. The highest BCUT2D eigenvalue weighted by atomic mass is 16.1. The Balaban J connectivity index is 2.66. The highest BCUT2D eigenvalue weighted by Crippen LogP contribution is 2.25. The van der Waals surface area contributed by atoms with Gasteiger partial charge in [-0.05, 0) is 18.1 Å². The number of carbonyl (C=O) groups excluding carboxylic acids is 1. The summed E-state index contributed by atoms with van der Waals surface area (Å²) in [5.41, 5.74) is 4.59. The predicted octanol–water partition coefficient (Wildman–Crippen LogP) is 1.14. The first-order valence-electron chi connectivity index (χ1n) is 4.51. The van der Waals surface area contributed by atoms with E-state index in [2.05, 4.69) is 5.32 Å². The maximum absolute atomic E-state index is 11.4. The van der Waals surface area contributed by atoms with E-state index >= 15 is 0 Å². The van der Waals surface area contributed by atoms with Gasteiger partial charge in [-0.25, -0.2) is 0 Å². The van der Waals surface area contributed by atoms with Crippen molar-refractivity contribution >= 4 is 5.78 Å². The van der Waals surface area contributed by atoms with Crippen molar-refractivity contribution in [2.75, 3.05) is 0 Å². The fourth-order valence-electron chi connectivity index (χ4n) is 2.21. The molecule has 1 aliphatic heterocycles. The first-order valence-corrected chi connectivity index (χ1v) is 4.51. The minimum atomic E-state index is 0.161. The number of nitrogens with one attached hydrogen (secondary N) is 1. The molecule has 0 spiro atoms. The fourth-order valence-corrected chi connectivity index (χ4v) is 2.21. The number of rotatable bonds is 1. The van der Waals surface area contributed by atoms with Gasteiger partial charge in [0, 0.05) is 32.8 Å². The third kappa shape index (κ3) is 1.04. The van der Waals surface area contributed by atoms with Crippen LogP contribution in [0.15, 0.2) is 0 Å². The highest BCUT2D eigenvalue weighted by molar-refractivity contribution is 5.94. The van der Waals surface area contributed by atoms with E-state index in [-0.39, 0.29) is 5.78 Å². The number of hydrogen-bond donors (Lipinski definition) is 1. The monoisotopic (exact) mass is 178 g/mol. The van der Waals surface area contributed by atoms with Crippen LogP contribution < -0.4 is 5.32 Å². The van der Waals surface area contributed by atoms with Crippen LogP contribution in [-0.2, 0) is 20.1 Å². The van der Waals surface area contributed by atoms with E-state index in [9.17, 15) is 4.79 Å². The van der Waals surface area contributed by atoms with Crippen LogP contribution in [-0.4, -0.2) is 10.4 Å². The number of nitrogens with zero attached hydrogens (tertiary/aromatic N) is 1. The first-order chi connectivity index (χ1) is 6.13. The summed E-state index contributed by atoms with van der Waals surface area (Å²) in [5.74, 6) is 0.161. The smallest absolute Gasteiger partial charge is 0.176 e. The van der Waals surface area contributed by atoms with Gasteiger partial charge in [0.2, 0.25) is 0 Å². The summed E-state index contributed by atoms with van der Waals surface area (Å²) in [7, 11) is 1.97. The zero-order valence-electron chi connectivity index (χ0n) is 8.27. The second-order valence-corrected chi connectivity index (χ2v) is 3.62. The van der Waals surface area contributed by atoms with Crippen molar-refractivity contribution in [1.29, 1.82) is 0 Å². The Morgan fingerprint density at radius 2 is 2.15 bits per heavy atom. The Kier molecular flexibility index (Phi) is 1.77. The molecule has 1 aliphatic rings. The van der Waals surface area contributed by atoms with Gasteiger partial charge in [-0.2, -0.15) is 0 Å². The van der Waals surface area contributed by atoms with Crippen molar-refractivity contribution in [1.82, 2.24) is 9.88 Å². The SMILES string of the molecule is CC(=O)c1c(C)c2c(n1C)CNC2. The number of ketones is 1. The number of Topliss-reactive ketones (excluding diaryl/α,β-unsaturated/α-hetero) is 1. The summed E-state index contributed by atoms with van der Waals surface area (Å²) in [6, 6.07) is 0. The molecule has 0 radical (unpaired) electrons. The van der Waals surface area contributed by atoms with Crippen LogP contribution in [0.4, 0.5) is 0 Å². The molecule has 0 unspecified atom stereocenters. The third-order valence-corrected chi connectivity index (χ3v) is 2.82. The van der Waals surface area contributed by atoms with Crippen LogP contribution in [0.1, 0.15) is 34.2 Å². The molecule has 13 heavy (non-hydrogen) atoms. The molecule has 1 N–H and O–H groups in total.